The van der Waals surface area contributed by atoms with Crippen LogP contribution in [0, 0.1) is 12.3 Å². The number of aromatic carboxylic acids is 1. The Balaban J connectivity index is 2.00. The van der Waals surface area contributed by atoms with Crippen LogP contribution < -0.4 is 10.4 Å². The van der Waals surface area contributed by atoms with Crippen molar-refractivity contribution in [3.05, 3.63) is 52.3 Å². The number of carboxylic acid groups (broad SMARTS) is 1. The van der Waals surface area contributed by atoms with Crippen LogP contribution in [0.2, 0.25) is 0 Å². The fourth-order valence-corrected chi connectivity index (χ4v) is 3.04. The topological polar surface area (TPSA) is 143 Å². The van der Waals surface area contributed by atoms with E-state index in [-0.39, 0.29) is 42.3 Å². The van der Waals surface area contributed by atoms with Crippen LogP contribution in [0.25, 0.3) is 5.65 Å². The van der Waals surface area contributed by atoms with Crippen molar-refractivity contribution in [1.82, 2.24) is 19.4 Å². The molecule has 3 N–H and O–H groups in total. The molecule has 0 aliphatic carbocycles. The van der Waals surface area contributed by atoms with Crippen molar-refractivity contribution in [3.8, 4) is 5.75 Å². The van der Waals surface area contributed by atoms with Crippen LogP contribution in [0.4, 0.5) is 0 Å². The molecule has 1 aromatic carbocycles. The molecule has 31 heavy (non-hydrogen) atoms. The summed E-state index contributed by atoms with van der Waals surface area (Å²) in [5.74, 6) is -1.03. The van der Waals surface area contributed by atoms with Crippen LogP contribution in [-0.2, 0) is 12.0 Å². The van der Waals surface area contributed by atoms with Gasteiger partial charge in [0.1, 0.15) is 18.9 Å². The van der Waals surface area contributed by atoms with Gasteiger partial charge in [0.2, 0.25) is 5.62 Å². The molecule has 0 saturated heterocycles. The molecule has 10 nitrogen and oxygen atoms in total. The van der Waals surface area contributed by atoms with E-state index in [2.05, 4.69) is 10.2 Å². The van der Waals surface area contributed by atoms with E-state index >= 15 is 0 Å². The normalized spacial score (nSPS) is 11.6. The number of aliphatic hydroxyl groups is 1. The second-order valence-corrected chi connectivity index (χ2v) is 8.23. The van der Waals surface area contributed by atoms with Gasteiger partial charge in [0.15, 0.2) is 17.1 Å². The summed E-state index contributed by atoms with van der Waals surface area (Å²) in [7, 11) is 0. The Morgan fingerprint density at radius 3 is 2.48 bits per heavy atom. The predicted molar refractivity (Wildman–Crippen MR) is 111 cm³/mol. The van der Waals surface area contributed by atoms with E-state index in [1.54, 1.807) is 19.1 Å². The highest BCUT2D eigenvalue weighted by molar-refractivity contribution is 5.96. The summed E-state index contributed by atoms with van der Waals surface area (Å²) in [5.41, 5.74) is 1.45. The maximum absolute atomic E-state index is 13.0. The first-order valence-electron chi connectivity index (χ1n) is 9.69. The Morgan fingerprint density at radius 1 is 1.16 bits per heavy atom. The number of rotatable bonds is 7. The quantitative estimate of drug-likeness (QED) is 0.486. The van der Waals surface area contributed by atoms with Crippen LogP contribution in [0.3, 0.4) is 0 Å². The van der Waals surface area contributed by atoms with Crippen LogP contribution in [0.5, 0.6) is 5.75 Å². The van der Waals surface area contributed by atoms with Gasteiger partial charge in [-0.1, -0.05) is 20.8 Å². The van der Waals surface area contributed by atoms with Crippen molar-refractivity contribution < 1.29 is 24.5 Å². The van der Waals surface area contributed by atoms with E-state index in [9.17, 15) is 14.7 Å². The number of nitrogens with one attached hydrogen (secondary N) is 1. The van der Waals surface area contributed by atoms with Gasteiger partial charge in [-0.3, -0.25) is 10.2 Å². The zero-order valence-corrected chi connectivity index (χ0v) is 17.8. The summed E-state index contributed by atoms with van der Waals surface area (Å²) in [6.07, 6.45) is 0. The molecule has 2 aromatic heterocycles. The maximum atomic E-state index is 13.0. The van der Waals surface area contributed by atoms with Gasteiger partial charge in [-0.15, -0.1) is 5.10 Å². The highest BCUT2D eigenvalue weighted by Crippen LogP contribution is 2.28. The molecule has 0 bridgehead atoms. The highest BCUT2D eigenvalue weighted by atomic mass is 16.5. The SMILES string of the molecule is Cc1cc(C(=O)O)nn2c(=N)n(CC(=O)c3cc(OCCO)cc(C(C)(C)C)c3)nc12. The van der Waals surface area contributed by atoms with Gasteiger partial charge in [-0.25, -0.2) is 9.48 Å². The standard InChI is InChI=1S/C21H25N5O5/c1-12-7-16(19(29)30)23-26-18(12)24-25(20(26)22)11-17(28)13-8-14(21(2,3)4)10-15(9-13)31-6-5-27/h7-10,22,27H,5-6,11H2,1-4H3,(H,29,30). The largest absolute Gasteiger partial charge is 0.491 e. The Bertz CT molecular complexity index is 1220. The number of carbonyl (C=O) groups excluding carboxylic acids is 1. The molecule has 0 aliphatic heterocycles. The average molecular weight is 427 g/mol. The highest BCUT2D eigenvalue weighted by Gasteiger charge is 2.20. The monoisotopic (exact) mass is 427 g/mol. The fourth-order valence-electron chi connectivity index (χ4n) is 3.04. The number of hydrogen-bond acceptors (Lipinski definition) is 7. The molecular formula is C21H25N5O5. The number of ketones is 1. The van der Waals surface area contributed by atoms with Crippen molar-refractivity contribution in [1.29, 1.82) is 5.41 Å². The average Bonchev–Trinajstić information content (AvgIpc) is 3.01. The third-order valence-electron chi connectivity index (χ3n) is 4.74. The van der Waals surface area contributed by atoms with Gasteiger partial charge in [0, 0.05) is 5.56 Å². The number of carboxylic acids is 1. The maximum Gasteiger partial charge on any atom is 0.356 e. The number of fused-ring (bicyclic) bond motifs is 1. The number of ether oxygens (including phenoxy) is 1. The first kappa shape index (κ1) is 22.2. The molecule has 164 valence electrons. The lowest BCUT2D eigenvalue weighted by atomic mass is 9.85. The van der Waals surface area contributed by atoms with Crippen LogP contribution >= 0.6 is 0 Å². The van der Waals surface area contributed by atoms with E-state index in [4.69, 9.17) is 15.3 Å². The predicted octanol–water partition coefficient (Wildman–Crippen LogP) is 1.57. The van der Waals surface area contributed by atoms with Gasteiger partial charge in [-0.2, -0.15) is 9.61 Å². The number of hydrogen-bond donors (Lipinski definition) is 3. The Kier molecular flexibility index (Phi) is 5.94. The van der Waals surface area contributed by atoms with Gasteiger partial charge >= 0.3 is 5.97 Å². The summed E-state index contributed by atoms with van der Waals surface area (Å²) >= 11 is 0. The zero-order valence-electron chi connectivity index (χ0n) is 17.8. The Hall–Kier alpha value is -3.53. The summed E-state index contributed by atoms with van der Waals surface area (Å²) in [5, 5.41) is 34.7. The van der Waals surface area contributed by atoms with E-state index in [1.165, 1.54) is 10.7 Å². The number of nitrogens with zero attached hydrogens (tertiary/aromatic N) is 4. The van der Waals surface area contributed by atoms with Crippen LogP contribution in [-0.4, -0.2) is 54.6 Å². The molecule has 0 aliphatic rings. The van der Waals surface area contributed by atoms with E-state index in [1.807, 2.05) is 26.8 Å². The van der Waals surface area contributed by atoms with Crippen molar-refractivity contribution in [3.63, 3.8) is 0 Å². The number of Topliss-reactive ketones (excluding diaryl/α,β-unsaturated/α-hetero) is 1. The minimum atomic E-state index is -1.21. The number of benzene rings is 1. The third-order valence-corrected chi connectivity index (χ3v) is 4.74. The lowest BCUT2D eigenvalue weighted by Gasteiger charge is -2.21. The molecular weight excluding hydrogens is 402 g/mol. The Labute approximate surface area is 178 Å². The lowest BCUT2D eigenvalue weighted by molar-refractivity contribution is 0.0688. The second kappa shape index (κ2) is 8.31. The summed E-state index contributed by atoms with van der Waals surface area (Å²) in [4.78, 5) is 24.3. The summed E-state index contributed by atoms with van der Waals surface area (Å²) < 4.78 is 7.81. The summed E-state index contributed by atoms with van der Waals surface area (Å²) in [6.45, 7) is 7.44. The molecule has 0 spiro atoms. The molecule has 3 rings (SSSR count). The number of aliphatic hydroxyl groups excluding tert-OH is 1. The van der Waals surface area contributed by atoms with Crippen molar-refractivity contribution in [2.75, 3.05) is 13.2 Å². The fraction of sp³-hybridized carbons (Fsp3) is 0.381. The van der Waals surface area contributed by atoms with Gasteiger partial charge in [0.05, 0.1) is 6.61 Å². The molecule has 10 heteroatoms. The number of carbonyl (C=O) groups is 2. The molecule has 0 saturated carbocycles. The lowest BCUT2D eigenvalue weighted by Crippen LogP contribution is -2.27. The molecule has 3 aromatic rings. The van der Waals surface area contributed by atoms with Gasteiger partial charge in [0.25, 0.3) is 0 Å². The van der Waals surface area contributed by atoms with Crippen LogP contribution in [0.1, 0.15) is 52.7 Å². The number of aromatic nitrogens is 4. The van der Waals surface area contributed by atoms with E-state index < -0.39 is 5.97 Å². The molecule has 0 radical (unpaired) electrons. The summed E-state index contributed by atoms with van der Waals surface area (Å²) in [6, 6.07) is 6.58. The third kappa shape index (κ3) is 4.64. The minimum absolute atomic E-state index is 0.107. The molecule has 0 amide bonds. The van der Waals surface area contributed by atoms with Crippen molar-refractivity contribution >= 4 is 17.4 Å². The van der Waals surface area contributed by atoms with Crippen molar-refractivity contribution in [2.24, 2.45) is 0 Å². The second-order valence-electron chi connectivity index (χ2n) is 8.23. The molecule has 0 fully saturated rings. The van der Waals surface area contributed by atoms with E-state index in [0.29, 0.717) is 22.5 Å². The van der Waals surface area contributed by atoms with Crippen LogP contribution in [0.15, 0.2) is 24.3 Å². The van der Waals surface area contributed by atoms with E-state index in [0.717, 1.165) is 10.1 Å². The van der Waals surface area contributed by atoms with Crippen molar-refractivity contribution in [2.45, 2.75) is 39.7 Å². The molecule has 0 unspecified atom stereocenters. The van der Waals surface area contributed by atoms with Gasteiger partial charge < -0.3 is 14.9 Å². The zero-order chi connectivity index (χ0) is 22.9. The molecule has 2 heterocycles. The minimum Gasteiger partial charge on any atom is -0.491 e. The Morgan fingerprint density at radius 2 is 1.87 bits per heavy atom. The van der Waals surface area contributed by atoms with Gasteiger partial charge in [-0.05, 0) is 47.7 Å². The smallest absolute Gasteiger partial charge is 0.356 e. The first-order valence-corrected chi connectivity index (χ1v) is 9.69. The number of aryl methyl sites for hydroxylation is 1. The first-order chi connectivity index (χ1) is 14.5. The molecule has 0 atom stereocenters.